The van der Waals surface area contributed by atoms with Crippen molar-refractivity contribution in [2.24, 2.45) is 0 Å². The number of hydrogen-bond acceptors (Lipinski definition) is 4. The maximum absolute atomic E-state index is 11.1. The minimum absolute atomic E-state index is 0.0216. The molecule has 0 saturated carbocycles. The standard InChI is InChI=1S/C11H14O4/c1-7(2)15-8-4-5-9(10(12)6-8)11(13)14-3/h4-7,12H,1-3H3. The molecule has 0 aromatic heterocycles. The molecule has 0 atom stereocenters. The summed E-state index contributed by atoms with van der Waals surface area (Å²) < 4.78 is 9.85. The summed E-state index contributed by atoms with van der Waals surface area (Å²) in [5.74, 6) is -0.182. The number of benzene rings is 1. The highest BCUT2D eigenvalue weighted by Crippen LogP contribution is 2.24. The Hall–Kier alpha value is -1.71. The van der Waals surface area contributed by atoms with Gasteiger partial charge in [0.05, 0.1) is 13.2 Å². The first-order valence-electron chi connectivity index (χ1n) is 4.62. The minimum Gasteiger partial charge on any atom is -0.507 e. The normalized spacial score (nSPS) is 10.1. The van der Waals surface area contributed by atoms with Crippen molar-refractivity contribution in [3.63, 3.8) is 0 Å². The van der Waals surface area contributed by atoms with Crippen molar-refractivity contribution in [2.75, 3.05) is 7.11 Å². The van der Waals surface area contributed by atoms with Crippen LogP contribution < -0.4 is 4.74 Å². The van der Waals surface area contributed by atoms with E-state index >= 15 is 0 Å². The summed E-state index contributed by atoms with van der Waals surface area (Å²) in [7, 11) is 1.26. The number of aromatic hydroxyl groups is 1. The lowest BCUT2D eigenvalue weighted by Crippen LogP contribution is -2.06. The van der Waals surface area contributed by atoms with E-state index in [0.29, 0.717) is 5.75 Å². The van der Waals surface area contributed by atoms with Gasteiger partial charge < -0.3 is 14.6 Å². The quantitative estimate of drug-likeness (QED) is 0.775. The number of methoxy groups -OCH3 is 1. The molecule has 4 nitrogen and oxygen atoms in total. The van der Waals surface area contributed by atoms with Gasteiger partial charge in [-0.2, -0.15) is 0 Å². The van der Waals surface area contributed by atoms with Crippen LogP contribution in [0.5, 0.6) is 11.5 Å². The molecule has 1 N–H and O–H groups in total. The zero-order valence-electron chi connectivity index (χ0n) is 8.98. The Labute approximate surface area is 88.4 Å². The topological polar surface area (TPSA) is 55.8 Å². The molecule has 1 aromatic carbocycles. The molecule has 0 saturated heterocycles. The van der Waals surface area contributed by atoms with Gasteiger partial charge in [-0.05, 0) is 26.0 Å². The number of carbonyl (C=O) groups excluding carboxylic acids is 1. The van der Waals surface area contributed by atoms with Crippen molar-refractivity contribution >= 4 is 5.97 Å². The highest BCUT2D eigenvalue weighted by Gasteiger charge is 2.12. The Balaban J connectivity index is 2.93. The zero-order chi connectivity index (χ0) is 11.4. The van der Waals surface area contributed by atoms with Gasteiger partial charge in [0.15, 0.2) is 0 Å². The van der Waals surface area contributed by atoms with Gasteiger partial charge in [-0.15, -0.1) is 0 Å². The summed E-state index contributed by atoms with van der Waals surface area (Å²) in [6.07, 6.45) is 0.0216. The molecule has 1 rings (SSSR count). The smallest absolute Gasteiger partial charge is 0.341 e. The van der Waals surface area contributed by atoms with Gasteiger partial charge in [0.25, 0.3) is 0 Å². The molecular formula is C11H14O4. The van der Waals surface area contributed by atoms with Crippen LogP contribution in [-0.4, -0.2) is 24.3 Å². The first kappa shape index (κ1) is 11.4. The molecule has 0 fully saturated rings. The fourth-order valence-corrected chi connectivity index (χ4v) is 1.14. The third-order valence-electron chi connectivity index (χ3n) is 1.75. The molecule has 0 spiro atoms. The molecule has 82 valence electrons. The van der Waals surface area contributed by atoms with Crippen LogP contribution >= 0.6 is 0 Å². The molecule has 0 radical (unpaired) electrons. The Morgan fingerprint density at radius 3 is 2.53 bits per heavy atom. The Kier molecular flexibility index (Phi) is 3.55. The van der Waals surface area contributed by atoms with Gasteiger partial charge in [-0.25, -0.2) is 4.79 Å². The van der Waals surface area contributed by atoms with E-state index in [4.69, 9.17) is 4.74 Å². The van der Waals surface area contributed by atoms with Crippen molar-refractivity contribution in [3.05, 3.63) is 23.8 Å². The molecule has 1 aromatic rings. The average molecular weight is 210 g/mol. The van der Waals surface area contributed by atoms with Crippen LogP contribution in [0.2, 0.25) is 0 Å². The largest absolute Gasteiger partial charge is 0.507 e. The molecule has 0 aliphatic carbocycles. The fourth-order valence-electron chi connectivity index (χ4n) is 1.14. The number of phenols is 1. The van der Waals surface area contributed by atoms with Crippen LogP contribution in [0.3, 0.4) is 0 Å². The second-order valence-corrected chi connectivity index (χ2v) is 3.34. The predicted molar refractivity (Wildman–Crippen MR) is 55.2 cm³/mol. The maximum atomic E-state index is 11.1. The van der Waals surface area contributed by atoms with E-state index in [1.165, 1.54) is 19.2 Å². The Bertz CT molecular complexity index is 358. The molecule has 0 aliphatic heterocycles. The highest BCUT2D eigenvalue weighted by molar-refractivity contribution is 5.92. The number of carbonyl (C=O) groups is 1. The van der Waals surface area contributed by atoms with Crippen LogP contribution in [-0.2, 0) is 4.74 Å². The van der Waals surface area contributed by atoms with E-state index < -0.39 is 5.97 Å². The monoisotopic (exact) mass is 210 g/mol. The number of phenolic OH excluding ortho intramolecular Hbond substituents is 1. The molecule has 15 heavy (non-hydrogen) atoms. The number of esters is 1. The molecular weight excluding hydrogens is 196 g/mol. The van der Waals surface area contributed by atoms with Gasteiger partial charge >= 0.3 is 5.97 Å². The Morgan fingerprint density at radius 2 is 2.07 bits per heavy atom. The highest BCUT2D eigenvalue weighted by atomic mass is 16.5. The minimum atomic E-state index is -0.566. The van der Waals surface area contributed by atoms with Crippen LogP contribution in [0, 0.1) is 0 Å². The average Bonchev–Trinajstić information content (AvgIpc) is 2.16. The lowest BCUT2D eigenvalue weighted by atomic mass is 10.2. The van der Waals surface area contributed by atoms with Crippen LogP contribution in [0.25, 0.3) is 0 Å². The Morgan fingerprint density at radius 1 is 1.40 bits per heavy atom. The van der Waals surface area contributed by atoms with Gasteiger partial charge in [-0.3, -0.25) is 0 Å². The van der Waals surface area contributed by atoms with Crippen LogP contribution in [0.4, 0.5) is 0 Å². The van der Waals surface area contributed by atoms with Crippen LogP contribution in [0.15, 0.2) is 18.2 Å². The third kappa shape index (κ3) is 2.87. The summed E-state index contributed by atoms with van der Waals surface area (Å²) in [5, 5.41) is 9.52. The molecule has 0 unspecified atom stereocenters. The molecule has 4 heteroatoms. The second kappa shape index (κ2) is 4.68. The third-order valence-corrected chi connectivity index (χ3v) is 1.75. The number of rotatable bonds is 3. The van der Waals surface area contributed by atoms with E-state index in [1.807, 2.05) is 13.8 Å². The van der Waals surface area contributed by atoms with E-state index in [1.54, 1.807) is 6.07 Å². The lowest BCUT2D eigenvalue weighted by Gasteiger charge is -2.10. The summed E-state index contributed by atoms with van der Waals surface area (Å²) in [6.45, 7) is 3.76. The summed E-state index contributed by atoms with van der Waals surface area (Å²) in [5.41, 5.74) is 0.133. The first-order valence-corrected chi connectivity index (χ1v) is 4.62. The van der Waals surface area contributed by atoms with Crippen molar-refractivity contribution < 1.29 is 19.4 Å². The summed E-state index contributed by atoms with van der Waals surface area (Å²) in [4.78, 5) is 11.1. The molecule has 0 aliphatic rings. The maximum Gasteiger partial charge on any atom is 0.341 e. The van der Waals surface area contributed by atoms with Crippen LogP contribution in [0.1, 0.15) is 24.2 Å². The van der Waals surface area contributed by atoms with Crippen molar-refractivity contribution in [2.45, 2.75) is 20.0 Å². The molecule has 0 bridgehead atoms. The SMILES string of the molecule is COC(=O)c1ccc(OC(C)C)cc1O. The van der Waals surface area contributed by atoms with Gasteiger partial charge in [0, 0.05) is 6.07 Å². The van der Waals surface area contributed by atoms with Gasteiger partial charge in [0.1, 0.15) is 17.1 Å². The van der Waals surface area contributed by atoms with Crippen molar-refractivity contribution in [1.82, 2.24) is 0 Å². The number of ether oxygens (including phenoxy) is 2. The lowest BCUT2D eigenvalue weighted by molar-refractivity contribution is 0.0597. The second-order valence-electron chi connectivity index (χ2n) is 3.34. The number of hydrogen-bond donors (Lipinski definition) is 1. The zero-order valence-corrected chi connectivity index (χ0v) is 8.98. The van der Waals surface area contributed by atoms with E-state index in [2.05, 4.69) is 4.74 Å². The van der Waals surface area contributed by atoms with Crippen molar-refractivity contribution in [3.8, 4) is 11.5 Å². The van der Waals surface area contributed by atoms with E-state index in [9.17, 15) is 9.90 Å². The van der Waals surface area contributed by atoms with Crippen molar-refractivity contribution in [1.29, 1.82) is 0 Å². The fraction of sp³-hybridized carbons (Fsp3) is 0.364. The predicted octanol–water partition coefficient (Wildman–Crippen LogP) is 1.97. The molecule has 0 heterocycles. The van der Waals surface area contributed by atoms with E-state index in [-0.39, 0.29) is 17.4 Å². The first-order chi connectivity index (χ1) is 7.04. The van der Waals surface area contributed by atoms with E-state index in [0.717, 1.165) is 0 Å². The summed E-state index contributed by atoms with van der Waals surface area (Å²) >= 11 is 0. The van der Waals surface area contributed by atoms with Gasteiger partial charge in [0.2, 0.25) is 0 Å². The summed E-state index contributed by atoms with van der Waals surface area (Å²) in [6, 6.07) is 4.48. The van der Waals surface area contributed by atoms with Gasteiger partial charge in [-0.1, -0.05) is 0 Å². The molecule has 0 amide bonds.